The summed E-state index contributed by atoms with van der Waals surface area (Å²) in [5.41, 5.74) is 0.532. The third-order valence-electron chi connectivity index (χ3n) is 4.37. The minimum Gasteiger partial charge on any atom is -0.488 e. The number of alkyl halides is 4. The number of aromatic nitrogens is 3. The highest BCUT2D eigenvalue weighted by Crippen LogP contribution is 2.34. The van der Waals surface area contributed by atoms with E-state index < -0.39 is 23.3 Å². The fourth-order valence-electron chi connectivity index (χ4n) is 2.80. The first-order chi connectivity index (χ1) is 15.2. The van der Waals surface area contributed by atoms with Crippen LogP contribution in [-0.2, 0) is 18.1 Å². The van der Waals surface area contributed by atoms with Gasteiger partial charge in [-0.15, -0.1) is 11.3 Å². The van der Waals surface area contributed by atoms with Crippen molar-refractivity contribution in [2.45, 2.75) is 18.1 Å². The highest BCUT2D eigenvalue weighted by atomic mass is 79.9. The highest BCUT2D eigenvalue weighted by molar-refractivity contribution is 9.08. The quantitative estimate of drug-likeness (QED) is 0.252. The number of nitrogens with zero attached hydrogens (tertiary/aromatic N) is 2. The third-order valence-corrected chi connectivity index (χ3v) is 6.02. The van der Waals surface area contributed by atoms with Crippen LogP contribution in [0.15, 0.2) is 51.8 Å². The Kier molecular flexibility index (Phi) is 6.15. The minimum atomic E-state index is -4.41. The van der Waals surface area contributed by atoms with Crippen LogP contribution >= 0.6 is 27.3 Å². The van der Waals surface area contributed by atoms with Gasteiger partial charge in [-0.05, 0) is 24.3 Å². The van der Waals surface area contributed by atoms with Crippen molar-refractivity contribution in [3.05, 3.63) is 75.0 Å². The first-order valence-corrected chi connectivity index (χ1v) is 10.9. The van der Waals surface area contributed by atoms with Gasteiger partial charge in [-0.3, -0.25) is 9.51 Å². The summed E-state index contributed by atoms with van der Waals surface area (Å²) < 4.78 is 62.7. The number of nitrogens with one attached hydrogen (secondary N) is 1. The first-order valence-electron chi connectivity index (χ1n) is 8.95. The van der Waals surface area contributed by atoms with Gasteiger partial charge in [-0.2, -0.15) is 13.2 Å². The summed E-state index contributed by atoms with van der Waals surface area (Å²) in [6.07, 6.45) is -4.41. The summed E-state index contributed by atoms with van der Waals surface area (Å²) in [6.45, 7) is 0.0822. The molecule has 0 bridgehead atoms. The zero-order chi connectivity index (χ0) is 22.9. The Bertz CT molecular complexity index is 1300. The molecule has 166 valence electrons. The van der Waals surface area contributed by atoms with Crippen LogP contribution in [0.2, 0.25) is 0 Å². The van der Waals surface area contributed by atoms with Crippen LogP contribution in [-0.4, -0.2) is 15.1 Å². The molecule has 12 heteroatoms. The van der Waals surface area contributed by atoms with E-state index >= 15 is 0 Å². The molecule has 6 nitrogen and oxygen atoms in total. The Balaban J connectivity index is 1.51. The maximum absolute atomic E-state index is 14.4. The molecule has 0 aliphatic carbocycles. The van der Waals surface area contributed by atoms with Crippen molar-refractivity contribution in [3.8, 4) is 27.7 Å². The number of H-pyrrole nitrogens is 1. The summed E-state index contributed by atoms with van der Waals surface area (Å²) in [4.78, 5) is 18.5. The molecule has 2 aromatic heterocycles. The van der Waals surface area contributed by atoms with Gasteiger partial charge in [-0.25, -0.2) is 14.2 Å². The molecule has 0 unspecified atom stereocenters. The van der Waals surface area contributed by atoms with Gasteiger partial charge in [0.05, 0.1) is 21.7 Å². The van der Waals surface area contributed by atoms with Crippen molar-refractivity contribution >= 4 is 27.3 Å². The molecule has 0 radical (unpaired) electrons. The van der Waals surface area contributed by atoms with E-state index in [0.29, 0.717) is 21.6 Å². The Morgan fingerprint density at radius 3 is 2.50 bits per heavy atom. The SMILES string of the molecule is O=c1[nH]c(-c2ccc(OCc3sc(-c4ccc(C(F)(F)F)cc4)nc3CBr)cc2F)no1. The smallest absolute Gasteiger partial charge is 0.439 e. The molecule has 1 N–H and O–H groups in total. The van der Waals surface area contributed by atoms with Crippen molar-refractivity contribution < 1.29 is 26.8 Å². The summed E-state index contributed by atoms with van der Waals surface area (Å²) in [5.74, 6) is -1.26. The summed E-state index contributed by atoms with van der Waals surface area (Å²) in [7, 11) is 0. The third kappa shape index (κ3) is 4.75. The topological polar surface area (TPSA) is 81.0 Å². The summed E-state index contributed by atoms with van der Waals surface area (Å²) >= 11 is 4.62. The van der Waals surface area contributed by atoms with Gasteiger partial charge in [0.25, 0.3) is 0 Å². The van der Waals surface area contributed by atoms with Gasteiger partial charge in [0.2, 0.25) is 0 Å². The average Bonchev–Trinajstić information content (AvgIpc) is 3.38. The normalized spacial score (nSPS) is 11.7. The van der Waals surface area contributed by atoms with E-state index in [1.807, 2.05) is 0 Å². The van der Waals surface area contributed by atoms with E-state index in [-0.39, 0.29) is 23.7 Å². The molecule has 0 fully saturated rings. The molecule has 4 aromatic rings. The lowest BCUT2D eigenvalue weighted by molar-refractivity contribution is -0.137. The van der Waals surface area contributed by atoms with Crippen molar-refractivity contribution in [2.75, 3.05) is 0 Å². The fraction of sp³-hybridized carbons (Fsp3) is 0.150. The number of hydrogen-bond acceptors (Lipinski definition) is 6. The van der Waals surface area contributed by atoms with Crippen molar-refractivity contribution in [2.24, 2.45) is 0 Å². The lowest BCUT2D eigenvalue weighted by Crippen LogP contribution is -2.03. The first kappa shape index (κ1) is 22.2. The van der Waals surface area contributed by atoms with Gasteiger partial charge in [-0.1, -0.05) is 33.2 Å². The average molecular weight is 530 g/mol. The molecular formula is C20H12BrF4N3O3S. The predicted octanol–water partition coefficient (Wildman–Crippen LogP) is 5.79. The minimum absolute atomic E-state index is 0.0377. The van der Waals surface area contributed by atoms with E-state index in [9.17, 15) is 22.4 Å². The van der Waals surface area contributed by atoms with Crippen LogP contribution in [0.3, 0.4) is 0 Å². The molecule has 32 heavy (non-hydrogen) atoms. The molecule has 0 saturated carbocycles. The van der Waals surface area contributed by atoms with Gasteiger partial charge in [0.1, 0.15) is 23.2 Å². The fourth-order valence-corrected chi connectivity index (χ4v) is 4.44. The molecular weight excluding hydrogens is 518 g/mol. The van der Waals surface area contributed by atoms with Gasteiger partial charge in [0.15, 0.2) is 5.82 Å². The zero-order valence-corrected chi connectivity index (χ0v) is 18.3. The Morgan fingerprint density at radius 1 is 1.16 bits per heavy atom. The predicted molar refractivity (Wildman–Crippen MR) is 112 cm³/mol. The number of benzene rings is 2. The van der Waals surface area contributed by atoms with Gasteiger partial charge >= 0.3 is 11.9 Å². The maximum atomic E-state index is 14.4. The Morgan fingerprint density at radius 2 is 1.91 bits per heavy atom. The van der Waals surface area contributed by atoms with Crippen LogP contribution < -0.4 is 10.5 Å². The maximum Gasteiger partial charge on any atom is 0.439 e. The van der Waals surface area contributed by atoms with Crippen LogP contribution in [0.5, 0.6) is 5.75 Å². The lowest BCUT2D eigenvalue weighted by atomic mass is 10.1. The molecule has 0 aliphatic rings. The molecule has 2 aromatic carbocycles. The molecule has 0 aliphatic heterocycles. The van der Waals surface area contributed by atoms with Gasteiger partial charge in [0, 0.05) is 17.0 Å². The van der Waals surface area contributed by atoms with Gasteiger partial charge < -0.3 is 4.74 Å². The number of aromatic amines is 1. The summed E-state index contributed by atoms with van der Waals surface area (Å²) in [6, 6.07) is 8.80. The van der Waals surface area contributed by atoms with E-state index in [4.69, 9.17) is 4.74 Å². The van der Waals surface area contributed by atoms with Crippen LogP contribution in [0.4, 0.5) is 17.6 Å². The number of thiazole rings is 1. The second-order valence-electron chi connectivity index (χ2n) is 6.47. The second kappa shape index (κ2) is 8.87. The number of rotatable bonds is 6. The lowest BCUT2D eigenvalue weighted by Gasteiger charge is -2.07. The Hall–Kier alpha value is -2.99. The zero-order valence-electron chi connectivity index (χ0n) is 15.9. The summed E-state index contributed by atoms with van der Waals surface area (Å²) in [5, 5.41) is 4.40. The molecule has 0 atom stereocenters. The molecule has 4 rings (SSSR count). The van der Waals surface area contributed by atoms with E-state index in [2.05, 4.69) is 35.6 Å². The molecule has 0 spiro atoms. The number of halogens is 5. The van der Waals surface area contributed by atoms with E-state index in [1.165, 1.54) is 35.6 Å². The standard InChI is InChI=1S/C20H12BrF4N3O3S/c21-8-15-16(32-18(26-15)10-1-3-11(4-2-10)20(23,24)25)9-30-12-5-6-13(14(22)7-12)17-27-19(29)31-28-17/h1-7H,8-9H2,(H,27,28,29). The molecule has 2 heterocycles. The van der Waals surface area contributed by atoms with Crippen LogP contribution in [0, 0.1) is 5.82 Å². The van der Waals surface area contributed by atoms with E-state index in [1.54, 1.807) is 0 Å². The second-order valence-corrected chi connectivity index (χ2v) is 8.12. The molecule has 0 amide bonds. The van der Waals surface area contributed by atoms with Crippen molar-refractivity contribution in [1.82, 2.24) is 15.1 Å². The van der Waals surface area contributed by atoms with E-state index in [0.717, 1.165) is 23.1 Å². The van der Waals surface area contributed by atoms with Crippen LogP contribution in [0.25, 0.3) is 22.0 Å². The monoisotopic (exact) mass is 529 g/mol. The van der Waals surface area contributed by atoms with Crippen LogP contribution in [0.1, 0.15) is 16.1 Å². The Labute approximate surface area is 190 Å². The van der Waals surface area contributed by atoms with Crippen molar-refractivity contribution in [1.29, 1.82) is 0 Å². The highest BCUT2D eigenvalue weighted by Gasteiger charge is 2.30. The number of ether oxygens (including phenoxy) is 1. The number of hydrogen-bond donors (Lipinski definition) is 1. The molecule has 0 saturated heterocycles. The largest absolute Gasteiger partial charge is 0.488 e. The van der Waals surface area contributed by atoms with Crippen molar-refractivity contribution in [3.63, 3.8) is 0 Å².